The van der Waals surface area contributed by atoms with E-state index in [2.05, 4.69) is 0 Å². The van der Waals surface area contributed by atoms with Gasteiger partial charge in [-0.15, -0.1) is 0 Å². The Morgan fingerprint density at radius 3 is 2.22 bits per heavy atom. The lowest BCUT2D eigenvalue weighted by Gasteiger charge is -2.53. The minimum atomic E-state index is -1.16. The molecule has 2 rings (SSSR count). The molecule has 1 saturated carbocycles. The van der Waals surface area contributed by atoms with Gasteiger partial charge in [-0.1, -0.05) is 12.1 Å². The van der Waals surface area contributed by atoms with Crippen molar-refractivity contribution in [3.05, 3.63) is 35.4 Å². The van der Waals surface area contributed by atoms with E-state index in [1.165, 1.54) is 32.9 Å². The Morgan fingerprint density at radius 1 is 1.04 bits per heavy atom. The number of esters is 3. The van der Waals surface area contributed by atoms with Gasteiger partial charge in [0.05, 0.1) is 18.8 Å². The molecule has 0 heterocycles. The summed E-state index contributed by atoms with van der Waals surface area (Å²) in [7, 11) is 0. The third kappa shape index (κ3) is 4.64. The molecule has 27 heavy (non-hydrogen) atoms. The minimum absolute atomic E-state index is 0.0497. The predicted octanol–water partition coefficient (Wildman–Crippen LogP) is 1.91. The number of rotatable bonds is 7. The maximum Gasteiger partial charge on any atom is 0.335 e. The SMILES string of the molecule is CC(=O)OC[C@H]1C[C@@](OC(C)=O)(c2cccc(C(=O)O)c2)[C@@H]1COC(C)=O. The summed E-state index contributed by atoms with van der Waals surface area (Å²) in [4.78, 5) is 45.5. The monoisotopic (exact) mass is 378 g/mol. The largest absolute Gasteiger partial charge is 0.478 e. The highest BCUT2D eigenvalue weighted by atomic mass is 16.6. The van der Waals surface area contributed by atoms with Crippen molar-refractivity contribution in [1.29, 1.82) is 0 Å². The highest BCUT2D eigenvalue weighted by Crippen LogP contribution is 2.54. The first-order chi connectivity index (χ1) is 12.7. The number of carbonyl (C=O) groups excluding carboxylic acids is 3. The van der Waals surface area contributed by atoms with E-state index in [4.69, 9.17) is 14.2 Å². The Kier molecular flexibility index (Phi) is 6.20. The van der Waals surface area contributed by atoms with Crippen molar-refractivity contribution >= 4 is 23.9 Å². The Balaban J connectivity index is 2.40. The van der Waals surface area contributed by atoms with Gasteiger partial charge in [0.25, 0.3) is 0 Å². The van der Waals surface area contributed by atoms with Gasteiger partial charge in [0.1, 0.15) is 5.60 Å². The van der Waals surface area contributed by atoms with Crippen molar-refractivity contribution in [2.75, 3.05) is 13.2 Å². The smallest absolute Gasteiger partial charge is 0.335 e. The van der Waals surface area contributed by atoms with Crippen LogP contribution in [0.2, 0.25) is 0 Å². The molecular formula is C19H22O8. The molecule has 0 amide bonds. The summed E-state index contributed by atoms with van der Waals surface area (Å²) in [5.41, 5.74) is -0.611. The maximum absolute atomic E-state index is 11.8. The molecule has 1 aliphatic rings. The Hall–Kier alpha value is -2.90. The summed E-state index contributed by atoms with van der Waals surface area (Å²) in [6.07, 6.45) is 0.314. The van der Waals surface area contributed by atoms with Crippen LogP contribution in [0.5, 0.6) is 0 Å². The van der Waals surface area contributed by atoms with Crippen molar-refractivity contribution in [2.24, 2.45) is 11.8 Å². The van der Waals surface area contributed by atoms with E-state index in [1.807, 2.05) is 0 Å². The molecule has 8 heteroatoms. The molecule has 1 aromatic rings. The van der Waals surface area contributed by atoms with Crippen molar-refractivity contribution in [3.8, 4) is 0 Å². The summed E-state index contributed by atoms with van der Waals surface area (Å²) in [5, 5.41) is 9.25. The van der Waals surface area contributed by atoms with Crippen LogP contribution in [0.25, 0.3) is 0 Å². The average Bonchev–Trinajstić information content (AvgIpc) is 2.56. The molecule has 0 aliphatic heterocycles. The first-order valence-corrected chi connectivity index (χ1v) is 8.46. The van der Waals surface area contributed by atoms with Gasteiger partial charge in [-0.3, -0.25) is 14.4 Å². The number of hydrogen-bond donors (Lipinski definition) is 1. The van der Waals surface area contributed by atoms with Gasteiger partial charge in [0.2, 0.25) is 0 Å². The van der Waals surface area contributed by atoms with Gasteiger partial charge in [-0.25, -0.2) is 4.79 Å². The number of ether oxygens (including phenoxy) is 3. The zero-order chi connectivity index (χ0) is 20.2. The fraction of sp³-hybridized carbons (Fsp3) is 0.474. The van der Waals surface area contributed by atoms with E-state index >= 15 is 0 Å². The molecule has 3 atom stereocenters. The van der Waals surface area contributed by atoms with E-state index in [9.17, 15) is 24.3 Å². The summed E-state index contributed by atoms with van der Waals surface area (Å²) in [6.45, 7) is 3.84. The molecule has 0 bridgehead atoms. The molecule has 8 nitrogen and oxygen atoms in total. The van der Waals surface area contributed by atoms with Crippen molar-refractivity contribution in [1.82, 2.24) is 0 Å². The van der Waals surface area contributed by atoms with Crippen LogP contribution in [0.1, 0.15) is 43.1 Å². The molecule has 0 unspecified atom stereocenters. The van der Waals surface area contributed by atoms with Gasteiger partial charge >= 0.3 is 23.9 Å². The summed E-state index contributed by atoms with van der Waals surface area (Å²) >= 11 is 0. The zero-order valence-electron chi connectivity index (χ0n) is 15.4. The van der Waals surface area contributed by atoms with Crippen molar-refractivity contribution in [3.63, 3.8) is 0 Å². The lowest BCUT2D eigenvalue weighted by Crippen LogP contribution is -2.57. The third-order valence-electron chi connectivity index (χ3n) is 4.62. The van der Waals surface area contributed by atoms with Crippen LogP contribution >= 0.6 is 0 Å². The van der Waals surface area contributed by atoms with Crippen LogP contribution in [0.3, 0.4) is 0 Å². The van der Waals surface area contributed by atoms with Gasteiger partial charge in [-0.2, -0.15) is 0 Å². The molecule has 0 radical (unpaired) electrons. The highest BCUT2D eigenvalue weighted by molar-refractivity contribution is 5.87. The number of carboxylic acids is 1. The minimum Gasteiger partial charge on any atom is -0.478 e. The second kappa shape index (κ2) is 8.20. The Morgan fingerprint density at radius 2 is 1.67 bits per heavy atom. The standard InChI is InChI=1S/C19H22O8/c1-11(20)25-9-15-8-19(27-13(3)22,17(15)10-26-12(2)21)16-6-4-5-14(7-16)18(23)24/h4-7,15,17H,8-10H2,1-3H3,(H,23,24)/t15-,17-,19-/m1/s1. The molecule has 0 aromatic heterocycles. The molecule has 146 valence electrons. The highest BCUT2D eigenvalue weighted by Gasteiger charge is 2.58. The Bertz CT molecular complexity index is 756. The van der Waals surface area contributed by atoms with Gasteiger partial charge in [0.15, 0.2) is 0 Å². The van der Waals surface area contributed by atoms with Crippen LogP contribution in [0.15, 0.2) is 24.3 Å². The van der Waals surface area contributed by atoms with Gasteiger partial charge in [-0.05, 0) is 24.1 Å². The molecule has 0 saturated heterocycles. The normalized spacial score (nSPS) is 23.7. The van der Waals surface area contributed by atoms with Crippen LogP contribution in [-0.2, 0) is 34.2 Å². The van der Waals surface area contributed by atoms with Crippen LogP contribution in [-0.4, -0.2) is 42.2 Å². The maximum atomic E-state index is 11.8. The van der Waals surface area contributed by atoms with Gasteiger partial charge < -0.3 is 19.3 Å². The fourth-order valence-electron chi connectivity index (χ4n) is 3.46. The second-order valence-electron chi connectivity index (χ2n) is 6.54. The van der Waals surface area contributed by atoms with Crippen molar-refractivity contribution < 1.29 is 38.5 Å². The third-order valence-corrected chi connectivity index (χ3v) is 4.62. The van der Waals surface area contributed by atoms with Gasteiger partial charge in [0, 0.05) is 32.6 Å². The topological polar surface area (TPSA) is 116 Å². The number of carbonyl (C=O) groups is 4. The van der Waals surface area contributed by atoms with E-state index in [1.54, 1.807) is 12.1 Å². The quantitative estimate of drug-likeness (QED) is 0.565. The molecule has 1 aliphatic carbocycles. The van der Waals surface area contributed by atoms with E-state index in [-0.39, 0.29) is 24.7 Å². The summed E-state index contributed by atoms with van der Waals surface area (Å²) in [5.74, 6) is -3.28. The Labute approximate surface area is 156 Å². The van der Waals surface area contributed by atoms with Crippen molar-refractivity contribution in [2.45, 2.75) is 32.8 Å². The van der Waals surface area contributed by atoms with Crippen LogP contribution < -0.4 is 0 Å². The van der Waals surface area contributed by atoms with E-state index in [0.717, 1.165) is 0 Å². The summed E-state index contributed by atoms with van der Waals surface area (Å²) in [6, 6.07) is 6.10. The number of benzene rings is 1. The van der Waals surface area contributed by atoms with Crippen LogP contribution in [0, 0.1) is 11.8 Å². The van der Waals surface area contributed by atoms with E-state index < -0.39 is 35.4 Å². The van der Waals surface area contributed by atoms with E-state index in [0.29, 0.717) is 12.0 Å². The number of hydrogen-bond acceptors (Lipinski definition) is 7. The first-order valence-electron chi connectivity index (χ1n) is 8.46. The predicted molar refractivity (Wildman–Crippen MR) is 91.7 cm³/mol. The second-order valence-corrected chi connectivity index (χ2v) is 6.54. The molecular weight excluding hydrogens is 356 g/mol. The van der Waals surface area contributed by atoms with Crippen LogP contribution in [0.4, 0.5) is 0 Å². The fourth-order valence-corrected chi connectivity index (χ4v) is 3.46. The summed E-state index contributed by atoms with van der Waals surface area (Å²) < 4.78 is 15.8. The average molecular weight is 378 g/mol. The molecule has 0 spiro atoms. The molecule has 1 fully saturated rings. The first kappa shape index (κ1) is 20.4. The molecule has 1 aromatic carbocycles. The zero-order valence-corrected chi connectivity index (χ0v) is 15.4. The number of aromatic carboxylic acids is 1. The molecule has 1 N–H and O–H groups in total. The lowest BCUT2D eigenvalue weighted by molar-refractivity contribution is -0.216. The number of carboxylic acid groups (broad SMARTS) is 1. The lowest BCUT2D eigenvalue weighted by atomic mass is 9.58.